The summed E-state index contributed by atoms with van der Waals surface area (Å²) in [7, 11) is 0. The van der Waals surface area contributed by atoms with Crippen LogP contribution in [0.5, 0.6) is 0 Å². The van der Waals surface area contributed by atoms with Crippen LogP contribution in [-0.2, 0) is 11.3 Å². The summed E-state index contributed by atoms with van der Waals surface area (Å²) >= 11 is 11.6. The van der Waals surface area contributed by atoms with E-state index in [-0.39, 0.29) is 6.54 Å². The molecule has 19 heavy (non-hydrogen) atoms. The lowest BCUT2D eigenvalue weighted by molar-refractivity contribution is -0.129. The van der Waals surface area contributed by atoms with Crippen LogP contribution in [0.3, 0.4) is 0 Å². The molecule has 0 radical (unpaired) electrons. The quantitative estimate of drug-likeness (QED) is 0.912. The maximum atomic E-state index is 11.8. The fourth-order valence-electron chi connectivity index (χ4n) is 1.57. The number of aliphatic hydroxyl groups is 1. The Bertz CT molecular complexity index is 549. The Morgan fingerprint density at radius 3 is 2.58 bits per heavy atom. The van der Waals surface area contributed by atoms with Gasteiger partial charge in [-0.2, -0.15) is 0 Å². The van der Waals surface area contributed by atoms with Crippen LogP contribution in [0.2, 0.25) is 10.0 Å². The molecule has 0 fully saturated rings. The molecule has 2 rings (SSSR count). The van der Waals surface area contributed by atoms with Gasteiger partial charge in [0.1, 0.15) is 5.76 Å². The Balaban J connectivity index is 2.02. The van der Waals surface area contributed by atoms with Crippen LogP contribution < -0.4 is 5.32 Å². The lowest BCUT2D eigenvalue weighted by atomic mass is 10.1. The number of rotatable bonds is 4. The molecule has 2 aromatic rings. The first-order valence-corrected chi connectivity index (χ1v) is 6.26. The van der Waals surface area contributed by atoms with Gasteiger partial charge in [-0.3, -0.25) is 4.79 Å². The molecular weight excluding hydrogens is 289 g/mol. The van der Waals surface area contributed by atoms with Crippen molar-refractivity contribution in [2.75, 3.05) is 0 Å². The SMILES string of the molecule is O=C(NCc1ccco1)C(O)c1cc(Cl)cc(Cl)c1. The minimum absolute atomic E-state index is 0.206. The summed E-state index contributed by atoms with van der Waals surface area (Å²) in [5.41, 5.74) is 0.342. The third kappa shape index (κ3) is 3.73. The van der Waals surface area contributed by atoms with Crippen LogP contribution in [0.15, 0.2) is 41.0 Å². The summed E-state index contributed by atoms with van der Waals surface area (Å²) < 4.78 is 5.07. The Morgan fingerprint density at radius 1 is 1.32 bits per heavy atom. The van der Waals surface area contributed by atoms with E-state index in [0.29, 0.717) is 21.4 Å². The minimum atomic E-state index is -1.33. The first-order chi connectivity index (χ1) is 9.06. The molecular formula is C13H11Cl2NO3. The monoisotopic (exact) mass is 299 g/mol. The second kappa shape index (κ2) is 6.10. The van der Waals surface area contributed by atoms with Crippen LogP contribution in [-0.4, -0.2) is 11.0 Å². The standard InChI is InChI=1S/C13H11Cl2NO3/c14-9-4-8(5-10(15)6-9)12(17)13(18)16-7-11-2-1-3-19-11/h1-6,12,17H,7H2,(H,16,18). The highest BCUT2D eigenvalue weighted by Crippen LogP contribution is 2.23. The van der Waals surface area contributed by atoms with Crippen molar-refractivity contribution in [2.45, 2.75) is 12.6 Å². The van der Waals surface area contributed by atoms with Gasteiger partial charge in [0, 0.05) is 10.0 Å². The maximum absolute atomic E-state index is 11.8. The normalized spacial score (nSPS) is 12.2. The molecule has 0 spiro atoms. The van der Waals surface area contributed by atoms with Crippen molar-refractivity contribution in [3.8, 4) is 0 Å². The van der Waals surface area contributed by atoms with Crippen molar-refractivity contribution < 1.29 is 14.3 Å². The minimum Gasteiger partial charge on any atom is -0.467 e. The molecule has 100 valence electrons. The molecule has 1 heterocycles. The van der Waals surface area contributed by atoms with E-state index in [1.165, 1.54) is 24.5 Å². The van der Waals surface area contributed by atoms with Gasteiger partial charge < -0.3 is 14.8 Å². The molecule has 4 nitrogen and oxygen atoms in total. The van der Waals surface area contributed by atoms with Gasteiger partial charge in [-0.25, -0.2) is 0 Å². The summed E-state index contributed by atoms with van der Waals surface area (Å²) in [5, 5.41) is 13.2. The molecule has 2 N–H and O–H groups in total. The number of hydrogen-bond acceptors (Lipinski definition) is 3. The molecule has 0 aliphatic rings. The van der Waals surface area contributed by atoms with E-state index < -0.39 is 12.0 Å². The van der Waals surface area contributed by atoms with E-state index in [9.17, 15) is 9.90 Å². The van der Waals surface area contributed by atoms with Gasteiger partial charge in [-0.1, -0.05) is 23.2 Å². The predicted molar refractivity (Wildman–Crippen MR) is 72.0 cm³/mol. The van der Waals surface area contributed by atoms with Gasteiger partial charge in [0.05, 0.1) is 12.8 Å². The average molecular weight is 300 g/mol. The molecule has 0 saturated carbocycles. The third-order valence-electron chi connectivity index (χ3n) is 2.47. The van der Waals surface area contributed by atoms with E-state index in [4.69, 9.17) is 27.6 Å². The topological polar surface area (TPSA) is 62.5 Å². The van der Waals surface area contributed by atoms with Gasteiger partial charge in [0.15, 0.2) is 6.10 Å². The molecule has 0 saturated heterocycles. The maximum Gasteiger partial charge on any atom is 0.253 e. The van der Waals surface area contributed by atoms with Crippen LogP contribution >= 0.6 is 23.2 Å². The first-order valence-electron chi connectivity index (χ1n) is 5.50. The predicted octanol–water partition coefficient (Wildman–Crippen LogP) is 2.94. The summed E-state index contributed by atoms with van der Waals surface area (Å²) in [6, 6.07) is 7.95. The molecule has 1 aromatic carbocycles. The number of aliphatic hydroxyl groups excluding tert-OH is 1. The van der Waals surface area contributed by atoms with E-state index in [1.807, 2.05) is 0 Å². The molecule has 0 aliphatic heterocycles. The average Bonchev–Trinajstić information content (AvgIpc) is 2.87. The lowest BCUT2D eigenvalue weighted by Crippen LogP contribution is -2.28. The summed E-state index contributed by atoms with van der Waals surface area (Å²) in [4.78, 5) is 11.8. The first kappa shape index (κ1) is 13.9. The highest BCUT2D eigenvalue weighted by Gasteiger charge is 2.18. The highest BCUT2D eigenvalue weighted by atomic mass is 35.5. The number of nitrogens with one attached hydrogen (secondary N) is 1. The van der Waals surface area contributed by atoms with Crippen LogP contribution in [0.25, 0.3) is 0 Å². The van der Waals surface area contributed by atoms with Crippen molar-refractivity contribution >= 4 is 29.1 Å². The van der Waals surface area contributed by atoms with Crippen LogP contribution in [0, 0.1) is 0 Å². The molecule has 0 aliphatic carbocycles. The Kier molecular flexibility index (Phi) is 4.47. The van der Waals surface area contributed by atoms with Gasteiger partial charge >= 0.3 is 0 Å². The number of benzene rings is 1. The molecule has 6 heteroatoms. The largest absolute Gasteiger partial charge is 0.467 e. The zero-order chi connectivity index (χ0) is 13.8. The van der Waals surface area contributed by atoms with Gasteiger partial charge in [0.25, 0.3) is 5.91 Å². The highest BCUT2D eigenvalue weighted by molar-refractivity contribution is 6.34. The number of halogens is 2. The van der Waals surface area contributed by atoms with Crippen molar-refractivity contribution in [3.63, 3.8) is 0 Å². The smallest absolute Gasteiger partial charge is 0.253 e. The fourth-order valence-corrected chi connectivity index (χ4v) is 2.11. The second-order valence-electron chi connectivity index (χ2n) is 3.90. The molecule has 1 aromatic heterocycles. The fraction of sp³-hybridized carbons (Fsp3) is 0.154. The third-order valence-corrected chi connectivity index (χ3v) is 2.90. The number of furan rings is 1. The summed E-state index contributed by atoms with van der Waals surface area (Å²) in [5.74, 6) is 0.0550. The summed E-state index contributed by atoms with van der Waals surface area (Å²) in [6.07, 6.45) is 0.181. The summed E-state index contributed by atoms with van der Waals surface area (Å²) in [6.45, 7) is 0.206. The molecule has 1 amide bonds. The Morgan fingerprint density at radius 2 is 2.00 bits per heavy atom. The Hall–Kier alpha value is -1.49. The van der Waals surface area contributed by atoms with E-state index in [0.717, 1.165) is 0 Å². The lowest BCUT2D eigenvalue weighted by Gasteiger charge is -2.11. The number of hydrogen-bond donors (Lipinski definition) is 2. The molecule has 1 atom stereocenters. The number of carbonyl (C=O) groups excluding carboxylic acids is 1. The Labute approximate surface area is 119 Å². The van der Waals surface area contributed by atoms with Crippen molar-refractivity contribution in [2.24, 2.45) is 0 Å². The van der Waals surface area contributed by atoms with Crippen molar-refractivity contribution in [3.05, 3.63) is 58.0 Å². The van der Waals surface area contributed by atoms with Gasteiger partial charge in [0.2, 0.25) is 0 Å². The van der Waals surface area contributed by atoms with E-state index in [2.05, 4.69) is 5.32 Å². The molecule has 1 unspecified atom stereocenters. The van der Waals surface area contributed by atoms with E-state index in [1.54, 1.807) is 12.1 Å². The van der Waals surface area contributed by atoms with E-state index >= 15 is 0 Å². The number of carbonyl (C=O) groups is 1. The van der Waals surface area contributed by atoms with Crippen molar-refractivity contribution in [1.82, 2.24) is 5.32 Å². The van der Waals surface area contributed by atoms with Crippen LogP contribution in [0.1, 0.15) is 17.4 Å². The number of amides is 1. The van der Waals surface area contributed by atoms with Gasteiger partial charge in [-0.05, 0) is 35.9 Å². The van der Waals surface area contributed by atoms with Crippen LogP contribution in [0.4, 0.5) is 0 Å². The molecule has 0 bridgehead atoms. The zero-order valence-corrected chi connectivity index (χ0v) is 11.3. The zero-order valence-electron chi connectivity index (χ0n) is 9.77. The second-order valence-corrected chi connectivity index (χ2v) is 4.78. The van der Waals surface area contributed by atoms with Crippen molar-refractivity contribution in [1.29, 1.82) is 0 Å². The van der Waals surface area contributed by atoms with Gasteiger partial charge in [-0.15, -0.1) is 0 Å².